The summed E-state index contributed by atoms with van der Waals surface area (Å²) in [6, 6.07) is 8.47. The zero-order valence-corrected chi connectivity index (χ0v) is 14.0. The van der Waals surface area contributed by atoms with E-state index >= 15 is 0 Å². The minimum atomic E-state index is 0.359. The van der Waals surface area contributed by atoms with Gasteiger partial charge in [-0.2, -0.15) is 5.10 Å². The van der Waals surface area contributed by atoms with Crippen LogP contribution >= 0.6 is 15.9 Å². The molecular weight excluding hydrogens is 332 g/mol. The van der Waals surface area contributed by atoms with Crippen molar-refractivity contribution in [3.8, 4) is 0 Å². The van der Waals surface area contributed by atoms with E-state index < -0.39 is 0 Å². The van der Waals surface area contributed by atoms with E-state index in [-0.39, 0.29) is 0 Å². The van der Waals surface area contributed by atoms with Crippen molar-refractivity contribution >= 4 is 15.9 Å². The summed E-state index contributed by atoms with van der Waals surface area (Å²) in [7, 11) is 3.65. The monoisotopic (exact) mass is 352 g/mol. The molecule has 1 unspecified atom stereocenters. The molecule has 0 saturated carbocycles. The number of halogens is 1. The van der Waals surface area contributed by atoms with Gasteiger partial charge in [-0.15, -0.1) is 0 Å². The topological polar surface area (TPSA) is 52.0 Å². The lowest BCUT2D eigenvalue weighted by molar-refractivity contribution is 0.199. The maximum absolute atomic E-state index is 5.07. The summed E-state index contributed by atoms with van der Waals surface area (Å²) >= 11 is 3.48. The number of hydrogen-bond acceptors (Lipinski definition) is 4. The van der Waals surface area contributed by atoms with Gasteiger partial charge >= 0.3 is 0 Å². The van der Waals surface area contributed by atoms with Crippen molar-refractivity contribution in [3.63, 3.8) is 0 Å². The second-order valence-corrected chi connectivity index (χ2v) is 5.87. The number of rotatable bonds is 8. The Morgan fingerprint density at radius 1 is 1.33 bits per heavy atom. The Balaban J connectivity index is 2.06. The van der Waals surface area contributed by atoms with Gasteiger partial charge in [-0.05, 0) is 17.7 Å². The van der Waals surface area contributed by atoms with Gasteiger partial charge in [0, 0.05) is 44.1 Å². The summed E-state index contributed by atoms with van der Waals surface area (Å²) in [4.78, 5) is 4.33. The molecule has 114 valence electrons. The Labute approximate surface area is 133 Å². The van der Waals surface area contributed by atoms with Gasteiger partial charge in [0.2, 0.25) is 0 Å². The molecule has 0 spiro atoms. The Morgan fingerprint density at radius 2 is 2.10 bits per heavy atom. The lowest BCUT2D eigenvalue weighted by atomic mass is 9.95. The van der Waals surface area contributed by atoms with E-state index in [0.717, 1.165) is 36.4 Å². The summed E-state index contributed by atoms with van der Waals surface area (Å²) in [5, 5.41) is 7.58. The molecule has 6 heteroatoms. The van der Waals surface area contributed by atoms with E-state index in [1.807, 2.05) is 11.7 Å². The minimum Gasteiger partial charge on any atom is -0.383 e. The molecule has 0 aliphatic rings. The van der Waals surface area contributed by atoms with E-state index in [9.17, 15) is 0 Å². The number of nitrogens with one attached hydrogen (secondary N) is 1. The molecule has 1 heterocycles. The summed E-state index contributed by atoms with van der Waals surface area (Å²) in [6.07, 6.45) is 2.46. The standard InChI is InChI=1S/C15H21BrN4O/c1-20-15(18-11-19-20)9-13(10-17-7-8-21-2)12-3-5-14(16)6-4-12/h3-6,11,13,17H,7-10H2,1-2H3. The molecule has 2 rings (SSSR count). The van der Waals surface area contributed by atoms with Crippen molar-refractivity contribution < 1.29 is 4.74 Å². The Bertz CT molecular complexity index is 541. The first kappa shape index (κ1) is 16.1. The lowest BCUT2D eigenvalue weighted by Gasteiger charge is -2.18. The Hall–Kier alpha value is -1.24. The molecule has 5 nitrogen and oxygen atoms in total. The van der Waals surface area contributed by atoms with Crippen LogP contribution in [0.1, 0.15) is 17.3 Å². The fourth-order valence-electron chi connectivity index (χ4n) is 2.22. The third-order valence-electron chi connectivity index (χ3n) is 3.45. The highest BCUT2D eigenvalue weighted by Gasteiger charge is 2.15. The van der Waals surface area contributed by atoms with Gasteiger partial charge in [0.05, 0.1) is 6.61 Å². The van der Waals surface area contributed by atoms with E-state index in [1.54, 1.807) is 13.4 Å². The number of nitrogens with zero attached hydrogens (tertiary/aromatic N) is 3. The molecule has 0 radical (unpaired) electrons. The first-order chi connectivity index (χ1) is 10.2. The summed E-state index contributed by atoms with van der Waals surface area (Å²) in [5.74, 6) is 1.36. The van der Waals surface area contributed by atoms with Crippen molar-refractivity contribution in [2.75, 3.05) is 26.8 Å². The number of hydrogen-bond donors (Lipinski definition) is 1. The van der Waals surface area contributed by atoms with Crippen LogP contribution in [0.5, 0.6) is 0 Å². The summed E-state index contributed by atoms with van der Waals surface area (Å²) in [6.45, 7) is 2.46. The zero-order valence-electron chi connectivity index (χ0n) is 12.4. The average molecular weight is 353 g/mol. The van der Waals surface area contributed by atoms with Gasteiger partial charge in [-0.25, -0.2) is 4.98 Å². The van der Waals surface area contributed by atoms with Crippen LogP contribution in [0.15, 0.2) is 35.1 Å². The van der Waals surface area contributed by atoms with Crippen LogP contribution in [-0.2, 0) is 18.2 Å². The number of methoxy groups -OCH3 is 1. The molecule has 1 atom stereocenters. The molecule has 0 amide bonds. The lowest BCUT2D eigenvalue weighted by Crippen LogP contribution is -2.26. The van der Waals surface area contributed by atoms with Crippen molar-refractivity contribution in [3.05, 3.63) is 46.5 Å². The van der Waals surface area contributed by atoms with Gasteiger partial charge in [-0.3, -0.25) is 4.68 Å². The van der Waals surface area contributed by atoms with Gasteiger partial charge in [-0.1, -0.05) is 28.1 Å². The average Bonchev–Trinajstić information content (AvgIpc) is 2.88. The maximum Gasteiger partial charge on any atom is 0.138 e. The minimum absolute atomic E-state index is 0.359. The van der Waals surface area contributed by atoms with E-state index in [2.05, 4.69) is 55.6 Å². The second-order valence-electron chi connectivity index (χ2n) is 4.95. The van der Waals surface area contributed by atoms with Crippen LogP contribution < -0.4 is 5.32 Å². The fraction of sp³-hybridized carbons (Fsp3) is 0.467. The normalized spacial score (nSPS) is 12.5. The highest BCUT2D eigenvalue weighted by Crippen LogP contribution is 2.21. The van der Waals surface area contributed by atoms with Crippen LogP contribution in [-0.4, -0.2) is 41.6 Å². The molecule has 0 saturated heterocycles. The van der Waals surface area contributed by atoms with Crippen molar-refractivity contribution in [2.45, 2.75) is 12.3 Å². The molecule has 0 aliphatic heterocycles. The quantitative estimate of drug-likeness (QED) is 0.739. The van der Waals surface area contributed by atoms with Gasteiger partial charge in [0.15, 0.2) is 0 Å². The van der Waals surface area contributed by atoms with Gasteiger partial charge < -0.3 is 10.1 Å². The fourth-order valence-corrected chi connectivity index (χ4v) is 2.48. The highest BCUT2D eigenvalue weighted by atomic mass is 79.9. The van der Waals surface area contributed by atoms with Crippen LogP contribution in [0.3, 0.4) is 0 Å². The molecule has 21 heavy (non-hydrogen) atoms. The first-order valence-corrected chi connectivity index (χ1v) is 7.78. The number of benzene rings is 1. The SMILES string of the molecule is COCCNCC(Cc1ncnn1C)c1ccc(Br)cc1. The van der Waals surface area contributed by atoms with Crippen molar-refractivity contribution in [1.82, 2.24) is 20.1 Å². The predicted octanol–water partition coefficient (Wildman–Crippen LogP) is 2.14. The van der Waals surface area contributed by atoms with Crippen LogP contribution in [0.4, 0.5) is 0 Å². The summed E-state index contributed by atoms with van der Waals surface area (Å²) < 4.78 is 8.00. The third kappa shape index (κ3) is 4.91. The van der Waals surface area contributed by atoms with Crippen LogP contribution in [0, 0.1) is 0 Å². The van der Waals surface area contributed by atoms with Crippen molar-refractivity contribution in [2.24, 2.45) is 7.05 Å². The first-order valence-electron chi connectivity index (χ1n) is 6.98. The third-order valence-corrected chi connectivity index (χ3v) is 3.98. The predicted molar refractivity (Wildman–Crippen MR) is 86.3 cm³/mol. The molecule has 1 aromatic heterocycles. The number of ether oxygens (including phenoxy) is 1. The molecule has 1 aromatic carbocycles. The van der Waals surface area contributed by atoms with Gasteiger partial charge in [0.25, 0.3) is 0 Å². The molecule has 0 fully saturated rings. The largest absolute Gasteiger partial charge is 0.383 e. The maximum atomic E-state index is 5.07. The molecule has 1 N–H and O–H groups in total. The molecular formula is C15H21BrN4O. The van der Waals surface area contributed by atoms with E-state index in [0.29, 0.717) is 5.92 Å². The second kappa shape index (κ2) is 8.26. The van der Waals surface area contributed by atoms with Gasteiger partial charge in [0.1, 0.15) is 12.2 Å². The van der Waals surface area contributed by atoms with Crippen molar-refractivity contribution in [1.29, 1.82) is 0 Å². The Morgan fingerprint density at radius 3 is 2.71 bits per heavy atom. The Kier molecular flexibility index (Phi) is 6.35. The number of aryl methyl sites for hydroxylation is 1. The van der Waals surface area contributed by atoms with Crippen LogP contribution in [0.2, 0.25) is 0 Å². The highest BCUT2D eigenvalue weighted by molar-refractivity contribution is 9.10. The number of aromatic nitrogens is 3. The summed E-state index contributed by atoms with van der Waals surface area (Å²) in [5.41, 5.74) is 1.30. The van der Waals surface area contributed by atoms with E-state index in [1.165, 1.54) is 5.56 Å². The van der Waals surface area contributed by atoms with Crippen LogP contribution in [0.25, 0.3) is 0 Å². The molecule has 2 aromatic rings. The molecule has 0 aliphatic carbocycles. The zero-order chi connectivity index (χ0) is 15.1. The van der Waals surface area contributed by atoms with E-state index in [4.69, 9.17) is 4.74 Å². The molecule has 0 bridgehead atoms. The smallest absolute Gasteiger partial charge is 0.138 e.